The van der Waals surface area contributed by atoms with Crippen LogP contribution >= 0.6 is 0 Å². The highest BCUT2D eigenvalue weighted by Gasteiger charge is 2.18. The Labute approximate surface area is 171 Å². The van der Waals surface area contributed by atoms with Crippen molar-refractivity contribution in [2.75, 3.05) is 26.3 Å². The third-order valence-electron chi connectivity index (χ3n) is 4.48. The quantitative estimate of drug-likeness (QED) is 0.610. The number of hydrogen-bond acceptors (Lipinski definition) is 5. The van der Waals surface area contributed by atoms with E-state index in [9.17, 15) is 13.2 Å². The first-order chi connectivity index (χ1) is 14.0. The van der Waals surface area contributed by atoms with E-state index in [0.717, 1.165) is 19.3 Å². The predicted octanol–water partition coefficient (Wildman–Crippen LogP) is 2.27. The van der Waals surface area contributed by atoms with E-state index in [0.29, 0.717) is 31.3 Å². The van der Waals surface area contributed by atoms with E-state index in [1.165, 1.54) is 17.7 Å². The summed E-state index contributed by atoms with van der Waals surface area (Å²) in [4.78, 5) is 12.0. The van der Waals surface area contributed by atoms with E-state index in [-0.39, 0.29) is 23.8 Å². The summed E-state index contributed by atoms with van der Waals surface area (Å²) in [6, 6.07) is 14.6. The Morgan fingerprint density at radius 3 is 2.52 bits per heavy atom. The zero-order valence-corrected chi connectivity index (χ0v) is 17.0. The lowest BCUT2D eigenvalue weighted by Crippen LogP contribution is -2.31. The van der Waals surface area contributed by atoms with Gasteiger partial charge in [0.05, 0.1) is 18.1 Å². The van der Waals surface area contributed by atoms with Gasteiger partial charge >= 0.3 is 0 Å². The molecule has 8 heteroatoms. The minimum Gasteiger partial charge on any atom is -0.490 e. The number of amides is 1. The number of aryl methyl sites for hydroxylation is 1. The van der Waals surface area contributed by atoms with Crippen molar-refractivity contribution in [3.63, 3.8) is 0 Å². The lowest BCUT2D eigenvalue weighted by atomic mass is 10.1. The molecule has 0 spiro atoms. The Morgan fingerprint density at radius 1 is 0.966 bits per heavy atom. The van der Waals surface area contributed by atoms with Crippen LogP contribution in [0.5, 0.6) is 11.5 Å². The highest BCUT2D eigenvalue weighted by atomic mass is 32.2. The predicted molar refractivity (Wildman–Crippen MR) is 110 cm³/mol. The summed E-state index contributed by atoms with van der Waals surface area (Å²) in [7, 11) is -3.73. The van der Waals surface area contributed by atoms with Gasteiger partial charge < -0.3 is 14.8 Å². The van der Waals surface area contributed by atoms with Gasteiger partial charge in [0.1, 0.15) is 0 Å². The average molecular weight is 419 g/mol. The number of sulfonamides is 1. The van der Waals surface area contributed by atoms with Crippen LogP contribution in [0.3, 0.4) is 0 Å². The zero-order chi connectivity index (χ0) is 20.5. The highest BCUT2D eigenvalue weighted by molar-refractivity contribution is 7.89. The summed E-state index contributed by atoms with van der Waals surface area (Å²) in [6.45, 7) is 1.61. The molecule has 0 aliphatic carbocycles. The molecule has 156 valence electrons. The van der Waals surface area contributed by atoms with Crippen LogP contribution in [0.1, 0.15) is 24.8 Å². The van der Waals surface area contributed by atoms with Gasteiger partial charge in [-0.25, -0.2) is 13.1 Å². The fraction of sp³-hybridized carbons (Fsp3) is 0.381. The van der Waals surface area contributed by atoms with Crippen molar-refractivity contribution < 1.29 is 22.7 Å². The largest absolute Gasteiger partial charge is 0.490 e. The summed E-state index contributed by atoms with van der Waals surface area (Å²) in [5, 5.41) is 2.82. The molecule has 0 saturated heterocycles. The summed E-state index contributed by atoms with van der Waals surface area (Å²) in [6.07, 6.45) is 2.54. The summed E-state index contributed by atoms with van der Waals surface area (Å²) in [5.74, 6) is 0.775. The van der Waals surface area contributed by atoms with E-state index in [1.54, 1.807) is 6.07 Å². The number of rotatable bonds is 9. The lowest BCUT2D eigenvalue weighted by Gasteiger charge is -2.11. The summed E-state index contributed by atoms with van der Waals surface area (Å²) in [5.41, 5.74) is 1.23. The number of nitrogens with one attached hydrogen (secondary N) is 2. The fourth-order valence-electron chi connectivity index (χ4n) is 2.95. The third kappa shape index (κ3) is 6.47. The first-order valence-electron chi connectivity index (χ1n) is 9.74. The van der Waals surface area contributed by atoms with Crippen LogP contribution in [-0.2, 0) is 21.2 Å². The van der Waals surface area contributed by atoms with E-state index in [1.807, 2.05) is 18.2 Å². The van der Waals surface area contributed by atoms with Gasteiger partial charge in [0, 0.05) is 32.0 Å². The van der Waals surface area contributed by atoms with Crippen molar-refractivity contribution in [1.29, 1.82) is 0 Å². The monoisotopic (exact) mass is 418 g/mol. The molecule has 2 aromatic carbocycles. The number of fused-ring (bicyclic) bond motifs is 1. The second-order valence-corrected chi connectivity index (χ2v) is 8.51. The molecule has 0 radical (unpaired) electrons. The van der Waals surface area contributed by atoms with Crippen LogP contribution < -0.4 is 19.5 Å². The molecule has 0 aromatic heterocycles. The molecule has 0 saturated carbocycles. The maximum absolute atomic E-state index is 12.5. The molecule has 7 nitrogen and oxygen atoms in total. The van der Waals surface area contributed by atoms with Crippen molar-refractivity contribution in [3.8, 4) is 11.5 Å². The summed E-state index contributed by atoms with van der Waals surface area (Å²) < 4.78 is 38.4. The van der Waals surface area contributed by atoms with E-state index in [4.69, 9.17) is 9.47 Å². The first-order valence-corrected chi connectivity index (χ1v) is 11.2. The van der Waals surface area contributed by atoms with Crippen molar-refractivity contribution in [1.82, 2.24) is 10.0 Å². The van der Waals surface area contributed by atoms with Crippen LogP contribution in [0, 0.1) is 0 Å². The molecule has 0 unspecified atom stereocenters. The highest BCUT2D eigenvalue weighted by Crippen LogP contribution is 2.31. The maximum atomic E-state index is 12.5. The van der Waals surface area contributed by atoms with E-state index < -0.39 is 10.0 Å². The van der Waals surface area contributed by atoms with Crippen molar-refractivity contribution in [2.24, 2.45) is 0 Å². The Kier molecular flexibility index (Phi) is 7.48. The number of hydrogen-bond donors (Lipinski definition) is 2. The number of carbonyl (C=O) groups is 1. The molecule has 2 aromatic rings. The molecule has 1 aliphatic rings. The van der Waals surface area contributed by atoms with Crippen LogP contribution in [0.15, 0.2) is 53.4 Å². The van der Waals surface area contributed by atoms with Crippen molar-refractivity contribution in [3.05, 3.63) is 54.1 Å². The molecule has 0 bridgehead atoms. The molecule has 1 heterocycles. The molecular weight excluding hydrogens is 392 g/mol. The molecule has 2 N–H and O–H groups in total. The van der Waals surface area contributed by atoms with E-state index >= 15 is 0 Å². The smallest absolute Gasteiger partial charge is 0.240 e. The summed E-state index contributed by atoms with van der Waals surface area (Å²) >= 11 is 0. The van der Waals surface area contributed by atoms with Gasteiger partial charge in [0.15, 0.2) is 11.5 Å². The number of ether oxygens (including phenoxy) is 2. The van der Waals surface area contributed by atoms with Gasteiger partial charge in [-0.05, 0) is 30.5 Å². The molecule has 3 rings (SSSR count). The molecular formula is C21H26N2O5S. The minimum atomic E-state index is -3.73. The molecule has 29 heavy (non-hydrogen) atoms. The lowest BCUT2D eigenvalue weighted by molar-refractivity contribution is -0.120. The molecule has 1 amide bonds. The van der Waals surface area contributed by atoms with Gasteiger partial charge in [-0.2, -0.15) is 0 Å². The van der Waals surface area contributed by atoms with Gasteiger partial charge in [-0.3, -0.25) is 4.79 Å². The maximum Gasteiger partial charge on any atom is 0.240 e. The van der Waals surface area contributed by atoms with Gasteiger partial charge in [-0.15, -0.1) is 0 Å². The zero-order valence-electron chi connectivity index (χ0n) is 16.2. The fourth-order valence-corrected chi connectivity index (χ4v) is 3.99. The Bertz CT molecular complexity index is 916. The Balaban J connectivity index is 1.41. The second kappa shape index (κ2) is 10.3. The molecule has 0 atom stereocenters. The second-order valence-electron chi connectivity index (χ2n) is 6.75. The van der Waals surface area contributed by atoms with Crippen LogP contribution in [0.25, 0.3) is 0 Å². The molecule has 1 aliphatic heterocycles. The first kappa shape index (κ1) is 21.1. The Morgan fingerprint density at radius 2 is 1.72 bits per heavy atom. The SMILES string of the molecule is O=C(CCNS(=O)(=O)c1ccc2c(c1)OCCCO2)NCCCc1ccccc1. The van der Waals surface area contributed by atoms with Crippen LogP contribution in [-0.4, -0.2) is 40.6 Å². The van der Waals surface area contributed by atoms with Crippen molar-refractivity contribution >= 4 is 15.9 Å². The average Bonchev–Trinajstić information content (AvgIpc) is 2.97. The Hall–Kier alpha value is -2.58. The number of carbonyl (C=O) groups excluding carboxylic acids is 1. The number of benzene rings is 2. The molecule has 0 fully saturated rings. The topological polar surface area (TPSA) is 93.7 Å². The minimum absolute atomic E-state index is 0.0291. The van der Waals surface area contributed by atoms with E-state index in [2.05, 4.69) is 22.2 Å². The normalized spacial score (nSPS) is 13.5. The van der Waals surface area contributed by atoms with Crippen molar-refractivity contribution in [2.45, 2.75) is 30.6 Å². The van der Waals surface area contributed by atoms with Gasteiger partial charge in [0.2, 0.25) is 15.9 Å². The van der Waals surface area contributed by atoms with Crippen LogP contribution in [0.4, 0.5) is 0 Å². The van der Waals surface area contributed by atoms with Gasteiger partial charge in [0.25, 0.3) is 0 Å². The standard InChI is InChI=1S/C21H26N2O5S/c24-21(22-12-4-8-17-6-2-1-3-7-17)11-13-23-29(25,26)18-9-10-19-20(16-18)28-15-5-14-27-19/h1-3,6-7,9-10,16,23H,4-5,8,11-15H2,(H,22,24). The van der Waals surface area contributed by atoms with Crippen LogP contribution in [0.2, 0.25) is 0 Å². The third-order valence-corrected chi connectivity index (χ3v) is 5.94. The van der Waals surface area contributed by atoms with Gasteiger partial charge in [-0.1, -0.05) is 30.3 Å².